The molecular formula is C34H37N2O+. The van der Waals surface area contributed by atoms with Gasteiger partial charge in [-0.1, -0.05) is 65.8 Å². The monoisotopic (exact) mass is 489 g/mol. The number of hydrogen-bond donors (Lipinski definition) is 0. The standard InChI is InChI=1S/C34H37N2O/c1-20-22-11-9-10-12-23(22)25(19-34(5,6)7)32-28(20)31-30-24(14-16-36(31)8)29-21(18-33(2,3)4)13-15-35-26(29)17-27(30)37-32/h9-17H,18-19H2,1-8H3/q+1. The van der Waals surface area contributed by atoms with Crippen molar-refractivity contribution in [2.45, 2.75) is 61.3 Å². The Morgan fingerprint density at radius 2 is 1.54 bits per heavy atom. The molecule has 0 radical (unpaired) electrons. The highest BCUT2D eigenvalue weighted by molar-refractivity contribution is 6.16. The lowest BCUT2D eigenvalue weighted by atomic mass is 9.81. The zero-order chi connectivity index (χ0) is 26.3. The van der Waals surface area contributed by atoms with E-state index in [0.717, 1.165) is 29.9 Å². The molecule has 37 heavy (non-hydrogen) atoms. The number of hydrogen-bond acceptors (Lipinski definition) is 2. The second kappa shape index (κ2) is 8.02. The van der Waals surface area contributed by atoms with Crippen molar-refractivity contribution in [2.75, 3.05) is 0 Å². The van der Waals surface area contributed by atoms with Crippen LogP contribution in [0, 0.1) is 17.8 Å². The minimum Gasteiger partial charge on any atom is -0.455 e. The van der Waals surface area contributed by atoms with Gasteiger partial charge < -0.3 is 4.74 Å². The maximum absolute atomic E-state index is 6.97. The van der Waals surface area contributed by atoms with Crippen molar-refractivity contribution in [3.63, 3.8) is 0 Å². The fraction of sp³-hybridized carbons (Fsp3) is 0.353. The van der Waals surface area contributed by atoms with Crippen LogP contribution in [0.15, 0.2) is 54.9 Å². The van der Waals surface area contributed by atoms with E-state index in [2.05, 4.69) is 109 Å². The van der Waals surface area contributed by atoms with Crippen LogP contribution in [0.1, 0.15) is 58.2 Å². The molecule has 2 aromatic heterocycles. The van der Waals surface area contributed by atoms with Crippen molar-refractivity contribution in [3.8, 4) is 22.8 Å². The molecule has 0 N–H and O–H groups in total. The van der Waals surface area contributed by atoms with E-state index in [1.807, 2.05) is 6.20 Å². The summed E-state index contributed by atoms with van der Waals surface area (Å²) in [5, 5.41) is 6.26. The summed E-state index contributed by atoms with van der Waals surface area (Å²) in [6.07, 6.45) is 6.09. The summed E-state index contributed by atoms with van der Waals surface area (Å²) < 4.78 is 9.25. The van der Waals surface area contributed by atoms with E-state index in [-0.39, 0.29) is 10.8 Å². The SMILES string of the molecule is Cc1c2c(c(CC(C)(C)C)c3ccccc13)Oc1cc3nccc(CC(C)(C)C)c3c3cc[n+](C)c-2c13. The third-order valence-electron chi connectivity index (χ3n) is 7.58. The largest absolute Gasteiger partial charge is 0.455 e. The molecule has 5 aromatic rings. The Morgan fingerprint density at radius 3 is 2.24 bits per heavy atom. The van der Waals surface area contributed by atoms with Gasteiger partial charge in [0.2, 0.25) is 5.69 Å². The van der Waals surface area contributed by atoms with Crippen molar-refractivity contribution >= 4 is 32.4 Å². The average Bonchev–Trinajstić information content (AvgIpc) is 2.81. The van der Waals surface area contributed by atoms with E-state index in [1.165, 1.54) is 54.9 Å². The quantitative estimate of drug-likeness (QED) is 0.180. The normalized spacial score (nSPS) is 13.3. The zero-order valence-electron chi connectivity index (χ0n) is 23.4. The van der Waals surface area contributed by atoms with Crippen LogP contribution in [0.2, 0.25) is 0 Å². The fourth-order valence-corrected chi connectivity index (χ4v) is 6.21. The predicted molar refractivity (Wildman–Crippen MR) is 154 cm³/mol. The number of benzene rings is 3. The topological polar surface area (TPSA) is 26.0 Å². The van der Waals surface area contributed by atoms with Crippen molar-refractivity contribution in [3.05, 3.63) is 71.5 Å². The van der Waals surface area contributed by atoms with Gasteiger partial charge in [-0.25, -0.2) is 4.57 Å². The Hall–Kier alpha value is -3.46. The number of aryl methyl sites for hydroxylation is 2. The maximum atomic E-state index is 6.97. The third-order valence-corrected chi connectivity index (χ3v) is 7.58. The van der Waals surface area contributed by atoms with Crippen molar-refractivity contribution < 1.29 is 9.30 Å². The molecule has 3 aromatic carbocycles. The summed E-state index contributed by atoms with van der Waals surface area (Å²) in [5.41, 5.74) is 7.67. The summed E-state index contributed by atoms with van der Waals surface area (Å²) in [7, 11) is 2.16. The Labute approximate surface area is 220 Å². The van der Waals surface area contributed by atoms with Crippen molar-refractivity contribution in [1.29, 1.82) is 0 Å². The molecule has 188 valence electrons. The van der Waals surface area contributed by atoms with Gasteiger partial charge >= 0.3 is 0 Å². The summed E-state index contributed by atoms with van der Waals surface area (Å²) in [5.74, 6) is 1.92. The lowest BCUT2D eigenvalue weighted by Crippen LogP contribution is -2.32. The summed E-state index contributed by atoms with van der Waals surface area (Å²) >= 11 is 0. The molecule has 0 fully saturated rings. The molecule has 1 aliphatic heterocycles. The van der Waals surface area contributed by atoms with E-state index in [9.17, 15) is 0 Å². The molecular weight excluding hydrogens is 452 g/mol. The van der Waals surface area contributed by atoms with Crippen molar-refractivity contribution in [2.24, 2.45) is 17.9 Å². The molecule has 0 amide bonds. The predicted octanol–water partition coefficient (Wildman–Crippen LogP) is 8.62. The van der Waals surface area contributed by atoms with Crippen LogP contribution < -0.4 is 9.30 Å². The minimum absolute atomic E-state index is 0.121. The highest BCUT2D eigenvalue weighted by Gasteiger charge is 2.34. The molecule has 0 aliphatic carbocycles. The van der Waals surface area contributed by atoms with Crippen LogP contribution in [0.5, 0.6) is 11.5 Å². The van der Waals surface area contributed by atoms with Crippen LogP contribution in [0.3, 0.4) is 0 Å². The van der Waals surface area contributed by atoms with Gasteiger partial charge in [0.1, 0.15) is 18.5 Å². The van der Waals surface area contributed by atoms with Gasteiger partial charge in [0.05, 0.1) is 16.5 Å². The Balaban J connectivity index is 1.77. The maximum Gasteiger partial charge on any atom is 0.228 e. The number of nitrogens with zero attached hydrogens (tertiary/aromatic N) is 2. The highest BCUT2D eigenvalue weighted by atomic mass is 16.5. The molecule has 3 heterocycles. The molecule has 0 atom stereocenters. The number of pyridine rings is 2. The van der Waals surface area contributed by atoms with E-state index < -0.39 is 0 Å². The van der Waals surface area contributed by atoms with Gasteiger partial charge in [-0.2, -0.15) is 0 Å². The number of rotatable bonds is 2. The molecule has 3 heteroatoms. The first-order valence-electron chi connectivity index (χ1n) is 13.4. The molecule has 6 rings (SSSR count). The van der Waals surface area contributed by atoms with Crippen LogP contribution in [0.25, 0.3) is 43.7 Å². The Morgan fingerprint density at radius 1 is 0.838 bits per heavy atom. The molecule has 3 nitrogen and oxygen atoms in total. The molecule has 0 saturated heterocycles. The second-order valence-electron chi connectivity index (χ2n) is 13.2. The van der Waals surface area contributed by atoms with E-state index >= 15 is 0 Å². The minimum atomic E-state index is 0.121. The molecule has 0 spiro atoms. The first kappa shape index (κ1) is 23.9. The first-order chi connectivity index (χ1) is 17.4. The second-order valence-corrected chi connectivity index (χ2v) is 13.2. The first-order valence-corrected chi connectivity index (χ1v) is 13.4. The van der Waals surface area contributed by atoms with Crippen LogP contribution in [-0.4, -0.2) is 4.98 Å². The zero-order valence-corrected chi connectivity index (χ0v) is 23.4. The third kappa shape index (κ3) is 3.87. The van der Waals surface area contributed by atoms with E-state index in [1.54, 1.807) is 0 Å². The highest BCUT2D eigenvalue weighted by Crippen LogP contribution is 2.52. The Bertz CT molecular complexity index is 1730. The van der Waals surface area contributed by atoms with Crippen LogP contribution >= 0.6 is 0 Å². The number of fused-ring (bicyclic) bond motifs is 5. The molecule has 0 unspecified atom stereocenters. The van der Waals surface area contributed by atoms with Crippen molar-refractivity contribution in [1.82, 2.24) is 4.98 Å². The average molecular weight is 490 g/mol. The van der Waals surface area contributed by atoms with Gasteiger partial charge in [0.15, 0.2) is 6.20 Å². The molecule has 0 saturated carbocycles. The number of ether oxygens (including phenoxy) is 1. The summed E-state index contributed by atoms with van der Waals surface area (Å²) in [6, 6.07) is 15.4. The summed E-state index contributed by atoms with van der Waals surface area (Å²) in [6.45, 7) is 16.1. The fourth-order valence-electron chi connectivity index (χ4n) is 6.21. The van der Waals surface area contributed by atoms with Gasteiger partial charge in [-0.05, 0) is 58.6 Å². The van der Waals surface area contributed by atoms with Gasteiger partial charge in [-0.3, -0.25) is 4.98 Å². The lowest BCUT2D eigenvalue weighted by Gasteiger charge is -2.28. The van der Waals surface area contributed by atoms with Crippen LogP contribution in [-0.2, 0) is 19.9 Å². The molecule has 1 aliphatic rings. The smallest absolute Gasteiger partial charge is 0.228 e. The van der Waals surface area contributed by atoms with Crippen LogP contribution in [0.4, 0.5) is 0 Å². The molecule has 0 bridgehead atoms. The van der Waals surface area contributed by atoms with E-state index in [0.29, 0.717) is 0 Å². The summed E-state index contributed by atoms with van der Waals surface area (Å²) in [4.78, 5) is 4.83. The van der Waals surface area contributed by atoms with Gasteiger partial charge in [0, 0.05) is 34.7 Å². The Kier molecular flexibility index (Phi) is 5.18. The lowest BCUT2D eigenvalue weighted by molar-refractivity contribution is -0.659. The van der Waals surface area contributed by atoms with Gasteiger partial charge in [0.25, 0.3) is 0 Å². The van der Waals surface area contributed by atoms with E-state index in [4.69, 9.17) is 9.72 Å². The number of aromatic nitrogens is 2. The van der Waals surface area contributed by atoms with Gasteiger partial charge in [-0.15, -0.1) is 0 Å².